The molecule has 0 radical (unpaired) electrons. The first-order chi connectivity index (χ1) is 13.8. The first-order valence-electron chi connectivity index (χ1n) is 9.45. The summed E-state index contributed by atoms with van der Waals surface area (Å²) in [6.07, 6.45) is 5.57. The Morgan fingerprint density at radius 2 is 1.76 bits per heavy atom. The molecule has 0 fully saturated rings. The summed E-state index contributed by atoms with van der Waals surface area (Å²) in [5, 5.41) is 3.03. The number of hydrogen-bond acceptors (Lipinski definition) is 4. The molecule has 2 aromatic carbocycles. The van der Waals surface area contributed by atoms with Crippen LogP contribution in [0.2, 0.25) is 0 Å². The van der Waals surface area contributed by atoms with Crippen LogP contribution in [0.1, 0.15) is 46.7 Å². The molecule has 29 heavy (non-hydrogen) atoms. The fourth-order valence-corrected chi connectivity index (χ4v) is 3.77. The quantitative estimate of drug-likeness (QED) is 0.645. The highest BCUT2D eigenvalue weighted by Crippen LogP contribution is 2.20. The van der Waals surface area contributed by atoms with E-state index in [2.05, 4.69) is 10.3 Å². The zero-order valence-corrected chi connectivity index (χ0v) is 17.6. The van der Waals surface area contributed by atoms with Crippen molar-refractivity contribution in [3.05, 3.63) is 83.4 Å². The van der Waals surface area contributed by atoms with Crippen molar-refractivity contribution in [3.8, 4) is 0 Å². The summed E-state index contributed by atoms with van der Waals surface area (Å²) < 4.78 is 25.3. The number of aryl methyl sites for hydroxylation is 1. The van der Waals surface area contributed by atoms with Crippen molar-refractivity contribution in [2.75, 3.05) is 6.26 Å². The second kappa shape index (κ2) is 8.61. The number of carbonyl (C=O) groups excluding carboxylic acids is 1. The molecule has 0 saturated carbocycles. The summed E-state index contributed by atoms with van der Waals surface area (Å²) in [7, 11) is -3.24. The van der Waals surface area contributed by atoms with E-state index in [4.69, 9.17) is 0 Å². The molecule has 1 N–H and O–H groups in total. The normalized spacial score (nSPS) is 12.5. The molecule has 3 rings (SSSR count). The summed E-state index contributed by atoms with van der Waals surface area (Å²) in [5.41, 5.74) is 2.55. The molecule has 1 amide bonds. The van der Waals surface area contributed by atoms with Gasteiger partial charge in [0.15, 0.2) is 9.84 Å². The molecule has 0 saturated heterocycles. The predicted octanol–water partition coefficient (Wildman–Crippen LogP) is 3.52. The molecule has 6 nitrogen and oxygen atoms in total. The molecule has 1 aromatic heterocycles. The number of nitrogens with zero attached hydrogens (tertiary/aromatic N) is 2. The van der Waals surface area contributed by atoms with E-state index in [1.54, 1.807) is 30.5 Å². The number of amides is 1. The fourth-order valence-electron chi connectivity index (χ4n) is 3.14. The second-order valence-corrected chi connectivity index (χ2v) is 9.09. The molecule has 152 valence electrons. The predicted molar refractivity (Wildman–Crippen MR) is 113 cm³/mol. The third-order valence-electron chi connectivity index (χ3n) is 4.92. The van der Waals surface area contributed by atoms with E-state index in [0.29, 0.717) is 18.5 Å². The number of aromatic nitrogens is 2. The van der Waals surface area contributed by atoms with Crippen molar-refractivity contribution in [3.63, 3.8) is 0 Å². The van der Waals surface area contributed by atoms with Crippen molar-refractivity contribution < 1.29 is 13.2 Å². The maximum atomic E-state index is 12.7. The molecular weight excluding hydrogens is 386 g/mol. The minimum absolute atomic E-state index is 0.158. The minimum Gasteiger partial charge on any atom is -0.345 e. The molecule has 3 aromatic rings. The van der Waals surface area contributed by atoms with Gasteiger partial charge < -0.3 is 9.88 Å². The third kappa shape index (κ3) is 5.12. The van der Waals surface area contributed by atoms with E-state index in [1.807, 2.05) is 48.9 Å². The monoisotopic (exact) mass is 411 g/mol. The average Bonchev–Trinajstić information content (AvgIpc) is 3.10. The van der Waals surface area contributed by atoms with Gasteiger partial charge in [0.25, 0.3) is 5.91 Å². The molecule has 0 aliphatic heterocycles. The van der Waals surface area contributed by atoms with Crippen LogP contribution in [0, 0.1) is 6.92 Å². The van der Waals surface area contributed by atoms with Gasteiger partial charge in [0.1, 0.15) is 5.82 Å². The largest absolute Gasteiger partial charge is 0.345 e. The number of rotatable bonds is 7. The van der Waals surface area contributed by atoms with E-state index in [9.17, 15) is 13.2 Å². The third-order valence-corrected chi connectivity index (χ3v) is 6.05. The zero-order valence-electron chi connectivity index (χ0n) is 16.8. The number of carbonyl (C=O) groups is 1. The Balaban J connectivity index is 1.68. The van der Waals surface area contributed by atoms with Crippen LogP contribution in [0.15, 0.2) is 65.8 Å². The van der Waals surface area contributed by atoms with Crippen molar-refractivity contribution in [2.45, 2.75) is 37.8 Å². The van der Waals surface area contributed by atoms with Gasteiger partial charge in [-0.05, 0) is 48.7 Å². The number of hydrogen-bond donors (Lipinski definition) is 1. The molecule has 1 heterocycles. The van der Waals surface area contributed by atoms with E-state index >= 15 is 0 Å². The SMILES string of the molecule is CC[C@H](NC(=O)c1ccc(Cn2ccnc2C)cc1)c1ccc(S(C)(=O)=O)cc1. The topological polar surface area (TPSA) is 81.1 Å². The fraction of sp³-hybridized carbons (Fsp3) is 0.273. The Kier molecular flexibility index (Phi) is 6.17. The summed E-state index contributed by atoms with van der Waals surface area (Å²) in [6, 6.07) is 14.0. The maximum Gasteiger partial charge on any atom is 0.251 e. The molecule has 0 unspecified atom stereocenters. The molecule has 7 heteroatoms. The van der Waals surface area contributed by atoms with Gasteiger partial charge in [-0.25, -0.2) is 13.4 Å². The van der Waals surface area contributed by atoms with Gasteiger partial charge in [-0.15, -0.1) is 0 Å². The first-order valence-corrected chi connectivity index (χ1v) is 11.3. The number of nitrogens with one attached hydrogen (secondary N) is 1. The van der Waals surface area contributed by atoms with Gasteiger partial charge in [0, 0.05) is 30.8 Å². The molecule has 0 spiro atoms. The molecule has 0 aliphatic rings. The van der Waals surface area contributed by atoms with Gasteiger partial charge in [-0.2, -0.15) is 0 Å². The van der Waals surface area contributed by atoms with E-state index in [1.165, 1.54) is 6.26 Å². The Hall–Kier alpha value is -2.93. The van der Waals surface area contributed by atoms with Crippen LogP contribution in [-0.2, 0) is 16.4 Å². The average molecular weight is 412 g/mol. The van der Waals surface area contributed by atoms with Gasteiger partial charge in [0.05, 0.1) is 10.9 Å². The van der Waals surface area contributed by atoms with Crippen LogP contribution in [0.25, 0.3) is 0 Å². The minimum atomic E-state index is -3.24. The standard InChI is InChI=1S/C22H25N3O3S/c1-4-21(18-9-11-20(12-10-18)29(3,27)28)24-22(26)19-7-5-17(6-8-19)15-25-14-13-23-16(25)2/h5-14,21H,4,15H2,1-3H3,(H,24,26)/t21-/m0/s1. The highest BCUT2D eigenvalue weighted by Gasteiger charge is 2.15. The lowest BCUT2D eigenvalue weighted by Crippen LogP contribution is -2.28. The van der Waals surface area contributed by atoms with Crippen LogP contribution in [0.3, 0.4) is 0 Å². The Morgan fingerprint density at radius 1 is 1.10 bits per heavy atom. The van der Waals surface area contributed by atoms with Crippen molar-refractivity contribution >= 4 is 15.7 Å². The van der Waals surface area contributed by atoms with Gasteiger partial charge in [0.2, 0.25) is 0 Å². The van der Waals surface area contributed by atoms with E-state index in [-0.39, 0.29) is 16.8 Å². The first kappa shape index (κ1) is 20.8. The van der Waals surface area contributed by atoms with Crippen LogP contribution < -0.4 is 5.32 Å². The lowest BCUT2D eigenvalue weighted by molar-refractivity contribution is 0.0935. The van der Waals surface area contributed by atoms with Gasteiger partial charge in [-0.3, -0.25) is 4.79 Å². The van der Waals surface area contributed by atoms with Crippen LogP contribution in [0.4, 0.5) is 0 Å². The molecular formula is C22H25N3O3S. The Bertz CT molecular complexity index is 1090. The Labute approximate surface area is 171 Å². The van der Waals surface area contributed by atoms with Crippen LogP contribution in [-0.4, -0.2) is 30.1 Å². The summed E-state index contributed by atoms with van der Waals surface area (Å²) in [5.74, 6) is 0.786. The zero-order chi connectivity index (χ0) is 21.0. The van der Waals surface area contributed by atoms with Crippen molar-refractivity contribution in [1.29, 1.82) is 0 Å². The second-order valence-electron chi connectivity index (χ2n) is 7.07. The van der Waals surface area contributed by atoms with E-state index in [0.717, 1.165) is 17.0 Å². The Morgan fingerprint density at radius 3 is 2.28 bits per heavy atom. The van der Waals surface area contributed by atoms with Gasteiger partial charge >= 0.3 is 0 Å². The van der Waals surface area contributed by atoms with Crippen LogP contribution in [0.5, 0.6) is 0 Å². The summed E-state index contributed by atoms with van der Waals surface area (Å²) in [6.45, 7) is 4.64. The molecule has 0 aliphatic carbocycles. The van der Waals surface area contributed by atoms with Crippen molar-refractivity contribution in [2.24, 2.45) is 0 Å². The highest BCUT2D eigenvalue weighted by atomic mass is 32.2. The highest BCUT2D eigenvalue weighted by molar-refractivity contribution is 7.90. The number of sulfone groups is 1. The smallest absolute Gasteiger partial charge is 0.251 e. The summed E-state index contributed by atoms with van der Waals surface area (Å²) in [4.78, 5) is 17.2. The summed E-state index contributed by atoms with van der Waals surface area (Å²) >= 11 is 0. The van der Waals surface area contributed by atoms with Crippen molar-refractivity contribution in [1.82, 2.24) is 14.9 Å². The van der Waals surface area contributed by atoms with E-state index < -0.39 is 9.84 Å². The van der Waals surface area contributed by atoms with Crippen LogP contribution >= 0.6 is 0 Å². The lowest BCUT2D eigenvalue weighted by atomic mass is 10.0. The molecule has 0 bridgehead atoms. The lowest BCUT2D eigenvalue weighted by Gasteiger charge is -2.18. The molecule has 1 atom stereocenters. The van der Waals surface area contributed by atoms with Gasteiger partial charge in [-0.1, -0.05) is 31.2 Å². The number of benzene rings is 2. The number of imidazole rings is 1. The maximum absolute atomic E-state index is 12.7.